The monoisotopic (exact) mass is 393 g/mol. The fourth-order valence-corrected chi connectivity index (χ4v) is 4.89. The van der Waals surface area contributed by atoms with Gasteiger partial charge in [-0.1, -0.05) is 63.5 Å². The molecule has 0 radical (unpaired) electrons. The third-order valence-corrected chi connectivity index (χ3v) is 6.48. The predicted molar refractivity (Wildman–Crippen MR) is 117 cm³/mol. The Morgan fingerprint density at radius 1 is 1.00 bits per heavy atom. The molecule has 0 aliphatic carbocycles. The van der Waals surface area contributed by atoms with E-state index in [1.165, 1.54) is 49.9 Å². The summed E-state index contributed by atoms with van der Waals surface area (Å²) in [5, 5.41) is 11.0. The maximum Gasteiger partial charge on any atom is 0.308 e. The summed E-state index contributed by atoms with van der Waals surface area (Å²) >= 11 is 1.27. The quantitative estimate of drug-likeness (QED) is 0.504. The molecule has 1 heterocycles. The van der Waals surface area contributed by atoms with E-state index in [9.17, 15) is 9.90 Å². The van der Waals surface area contributed by atoms with E-state index in [1.807, 2.05) is 24.3 Å². The topological polar surface area (TPSA) is 42.2 Å². The Hall–Kier alpha value is -1.17. The molecule has 0 amide bonds. The number of para-hydroxylation sites is 1. The van der Waals surface area contributed by atoms with Gasteiger partial charge < -0.3 is 9.59 Å². The van der Waals surface area contributed by atoms with Gasteiger partial charge in [-0.2, -0.15) is 0 Å². The Labute approximate surface area is 168 Å². The second-order valence-electron chi connectivity index (χ2n) is 7.86. The first kappa shape index (κ1) is 22.1. The van der Waals surface area contributed by atoms with E-state index in [2.05, 4.69) is 20.8 Å². The molecule has 0 saturated carbocycles. The lowest BCUT2D eigenvalue weighted by molar-refractivity contribution is -0.931. The zero-order valence-corrected chi connectivity index (χ0v) is 18.1. The van der Waals surface area contributed by atoms with Gasteiger partial charge >= 0.3 is 4.87 Å². The normalized spacial score (nSPS) is 13.3. The van der Waals surface area contributed by atoms with E-state index >= 15 is 0 Å². The summed E-state index contributed by atoms with van der Waals surface area (Å²) in [7, 11) is 0. The van der Waals surface area contributed by atoms with Gasteiger partial charge in [0.2, 0.25) is 0 Å². The number of fused-ring (bicyclic) bond motifs is 1. The van der Waals surface area contributed by atoms with Gasteiger partial charge in [-0.15, -0.1) is 0 Å². The Morgan fingerprint density at radius 2 is 1.56 bits per heavy atom. The van der Waals surface area contributed by atoms with Crippen molar-refractivity contribution in [3.63, 3.8) is 0 Å². The third-order valence-electron chi connectivity index (χ3n) is 5.52. The van der Waals surface area contributed by atoms with Crippen LogP contribution < -0.4 is 4.87 Å². The van der Waals surface area contributed by atoms with Gasteiger partial charge in [0.25, 0.3) is 0 Å². The largest absolute Gasteiger partial charge is 0.385 e. The number of aliphatic hydroxyl groups excluding tert-OH is 1. The second kappa shape index (κ2) is 11.0. The molecule has 0 spiro atoms. The summed E-state index contributed by atoms with van der Waals surface area (Å²) < 4.78 is 3.75. The lowest BCUT2D eigenvalue weighted by atomic mass is 10.1. The number of benzene rings is 1. The van der Waals surface area contributed by atoms with Crippen molar-refractivity contribution in [1.29, 1.82) is 0 Å². The van der Waals surface area contributed by atoms with E-state index in [4.69, 9.17) is 0 Å². The van der Waals surface area contributed by atoms with Crippen molar-refractivity contribution >= 4 is 21.6 Å². The Bertz CT molecular complexity index is 715. The van der Waals surface area contributed by atoms with Crippen LogP contribution in [0.2, 0.25) is 0 Å². The van der Waals surface area contributed by atoms with Crippen molar-refractivity contribution < 1.29 is 9.59 Å². The van der Waals surface area contributed by atoms with Crippen molar-refractivity contribution in [2.24, 2.45) is 0 Å². The fraction of sp³-hybridized carbons (Fsp3) is 0.682. The lowest BCUT2D eigenvalue weighted by Gasteiger charge is -2.40. The average molecular weight is 394 g/mol. The highest BCUT2D eigenvalue weighted by molar-refractivity contribution is 7.16. The molecular weight excluding hydrogens is 356 g/mol. The number of nitrogens with zero attached hydrogens (tertiary/aromatic N) is 2. The smallest absolute Gasteiger partial charge is 0.308 e. The van der Waals surface area contributed by atoms with Gasteiger partial charge in [0.15, 0.2) is 0 Å². The van der Waals surface area contributed by atoms with Crippen LogP contribution in [0.1, 0.15) is 59.3 Å². The summed E-state index contributed by atoms with van der Waals surface area (Å²) in [5.74, 6) is 0. The SMILES string of the molecule is CCCC[N+](CCCC)(CCCC)CC(O)Cn1c(=O)sc2ccccc21. The van der Waals surface area contributed by atoms with E-state index in [0.29, 0.717) is 6.54 Å². The first-order valence-electron chi connectivity index (χ1n) is 10.7. The molecule has 5 heteroatoms. The van der Waals surface area contributed by atoms with Crippen molar-refractivity contribution in [2.45, 2.75) is 71.9 Å². The van der Waals surface area contributed by atoms with Gasteiger partial charge in [-0.05, 0) is 31.4 Å². The second-order valence-corrected chi connectivity index (χ2v) is 8.85. The Morgan fingerprint density at radius 3 is 2.11 bits per heavy atom. The molecule has 0 bridgehead atoms. The van der Waals surface area contributed by atoms with Crippen LogP contribution in [-0.4, -0.2) is 46.4 Å². The Balaban J connectivity index is 2.18. The number of hydrogen-bond donors (Lipinski definition) is 1. The molecule has 152 valence electrons. The molecule has 1 N–H and O–H groups in total. The predicted octanol–water partition coefficient (Wildman–Crippen LogP) is 4.64. The van der Waals surface area contributed by atoms with Crippen LogP contribution in [0.5, 0.6) is 0 Å². The summed E-state index contributed by atoms with van der Waals surface area (Å²) in [6, 6.07) is 7.88. The van der Waals surface area contributed by atoms with Gasteiger partial charge in [-0.25, -0.2) is 0 Å². The maximum absolute atomic E-state index is 12.4. The fourth-order valence-electron chi connectivity index (χ4n) is 3.99. The van der Waals surface area contributed by atoms with Gasteiger partial charge in [-0.3, -0.25) is 9.36 Å². The average Bonchev–Trinajstić information content (AvgIpc) is 2.98. The molecule has 27 heavy (non-hydrogen) atoms. The third kappa shape index (κ3) is 6.16. The molecule has 4 nitrogen and oxygen atoms in total. The first-order valence-corrected chi connectivity index (χ1v) is 11.5. The zero-order valence-electron chi connectivity index (χ0n) is 17.3. The summed E-state index contributed by atoms with van der Waals surface area (Å²) in [6.07, 6.45) is 6.64. The number of unbranched alkanes of at least 4 members (excludes halogenated alkanes) is 3. The highest BCUT2D eigenvalue weighted by Gasteiger charge is 2.29. The number of aromatic nitrogens is 1. The van der Waals surface area contributed by atoms with Crippen LogP contribution >= 0.6 is 11.3 Å². The van der Waals surface area contributed by atoms with Gasteiger partial charge in [0.1, 0.15) is 12.6 Å². The Kier molecular flexibility index (Phi) is 9.00. The summed E-state index contributed by atoms with van der Waals surface area (Å²) in [5.41, 5.74) is 0.945. The van der Waals surface area contributed by atoms with Crippen LogP contribution in [0.3, 0.4) is 0 Å². The first-order chi connectivity index (χ1) is 13.0. The lowest BCUT2D eigenvalue weighted by Crippen LogP contribution is -2.54. The van der Waals surface area contributed by atoms with E-state index in [0.717, 1.165) is 40.9 Å². The molecule has 0 aliphatic heterocycles. The van der Waals surface area contributed by atoms with Crippen molar-refractivity contribution in [3.8, 4) is 0 Å². The molecule has 0 aliphatic rings. The molecular formula is C22H37N2O2S+. The van der Waals surface area contributed by atoms with Crippen molar-refractivity contribution in [3.05, 3.63) is 33.9 Å². The van der Waals surface area contributed by atoms with Crippen molar-refractivity contribution in [2.75, 3.05) is 26.2 Å². The van der Waals surface area contributed by atoms with Crippen LogP contribution in [0, 0.1) is 0 Å². The minimum atomic E-state index is -0.494. The maximum atomic E-state index is 12.4. The minimum Gasteiger partial charge on any atom is -0.385 e. The number of rotatable bonds is 13. The standard InChI is InChI=1S/C22H37N2O2S/c1-4-7-14-24(15-8-5-2,16-9-6-3)18-19(25)17-23-20-12-10-11-13-21(20)27-22(23)26/h10-13,19,25H,4-9,14-18H2,1-3H3/q+1. The highest BCUT2D eigenvalue weighted by Crippen LogP contribution is 2.19. The highest BCUT2D eigenvalue weighted by atomic mass is 32.1. The molecule has 2 rings (SSSR count). The van der Waals surface area contributed by atoms with E-state index in [-0.39, 0.29) is 4.87 Å². The molecule has 1 aromatic heterocycles. The van der Waals surface area contributed by atoms with Crippen LogP contribution in [0.4, 0.5) is 0 Å². The van der Waals surface area contributed by atoms with Crippen LogP contribution in [0.15, 0.2) is 29.1 Å². The minimum absolute atomic E-state index is 0.0315. The van der Waals surface area contributed by atoms with Gasteiger partial charge in [0.05, 0.1) is 36.4 Å². The summed E-state index contributed by atoms with van der Waals surface area (Å²) in [6.45, 7) is 11.3. The molecule has 1 aromatic carbocycles. The molecule has 1 unspecified atom stereocenters. The van der Waals surface area contributed by atoms with Crippen LogP contribution in [0.25, 0.3) is 10.2 Å². The number of thiazole rings is 1. The molecule has 0 saturated heterocycles. The zero-order chi connectivity index (χ0) is 19.7. The van der Waals surface area contributed by atoms with E-state index in [1.54, 1.807) is 4.57 Å². The number of hydrogen-bond acceptors (Lipinski definition) is 3. The van der Waals surface area contributed by atoms with Crippen molar-refractivity contribution in [1.82, 2.24) is 4.57 Å². The number of quaternary nitrogens is 1. The molecule has 2 aromatic rings. The van der Waals surface area contributed by atoms with E-state index < -0.39 is 6.10 Å². The number of aliphatic hydroxyl groups is 1. The molecule has 0 fully saturated rings. The summed E-state index contributed by atoms with van der Waals surface area (Å²) in [4.78, 5) is 12.5. The van der Waals surface area contributed by atoms with Crippen LogP contribution in [-0.2, 0) is 6.54 Å². The molecule has 1 atom stereocenters. The van der Waals surface area contributed by atoms with Gasteiger partial charge in [0, 0.05) is 0 Å².